The summed E-state index contributed by atoms with van der Waals surface area (Å²) in [6.07, 6.45) is 1.04. The van der Waals surface area contributed by atoms with Crippen LogP contribution in [0.1, 0.15) is 50.9 Å². The highest BCUT2D eigenvalue weighted by molar-refractivity contribution is 5.93. The Labute approximate surface area is 146 Å². The number of aromatic nitrogens is 3. The Morgan fingerprint density at radius 2 is 1.92 bits per heavy atom. The van der Waals surface area contributed by atoms with Crippen molar-refractivity contribution < 1.29 is 19.4 Å². The lowest BCUT2D eigenvalue weighted by atomic mass is 10.0. The molecule has 25 heavy (non-hydrogen) atoms. The van der Waals surface area contributed by atoms with E-state index >= 15 is 0 Å². The second-order valence-corrected chi connectivity index (χ2v) is 7.53. The zero-order chi connectivity index (χ0) is 19.0. The number of ether oxygens (including phenoxy) is 1. The molecule has 0 fully saturated rings. The van der Waals surface area contributed by atoms with Gasteiger partial charge in [-0.3, -0.25) is 0 Å². The first-order chi connectivity index (χ1) is 11.4. The van der Waals surface area contributed by atoms with E-state index in [1.54, 1.807) is 38.5 Å². The Bertz CT molecular complexity index is 818. The van der Waals surface area contributed by atoms with Gasteiger partial charge in [0.15, 0.2) is 0 Å². The van der Waals surface area contributed by atoms with Gasteiger partial charge in [-0.05, 0) is 47.6 Å². The molecule has 2 heterocycles. The summed E-state index contributed by atoms with van der Waals surface area (Å²) in [7, 11) is 0. The molecule has 136 valence electrons. The number of fused-ring (bicyclic) bond motifs is 1. The molecule has 0 aliphatic heterocycles. The molecule has 2 aromatic rings. The molecule has 2 aromatic heterocycles. The summed E-state index contributed by atoms with van der Waals surface area (Å²) in [6, 6.07) is 1.53. The Balaban J connectivity index is 2.37. The molecule has 0 saturated heterocycles. The van der Waals surface area contributed by atoms with Gasteiger partial charge < -0.3 is 19.7 Å². The van der Waals surface area contributed by atoms with E-state index in [1.165, 1.54) is 6.07 Å². The van der Waals surface area contributed by atoms with Crippen molar-refractivity contribution in [2.75, 3.05) is 6.54 Å². The van der Waals surface area contributed by atoms with Crippen LogP contribution in [0.3, 0.4) is 0 Å². The highest BCUT2D eigenvalue weighted by Gasteiger charge is 2.30. The normalized spacial score (nSPS) is 12.2. The number of alkyl carbamates (subject to hydrolysis) is 1. The van der Waals surface area contributed by atoms with E-state index in [0.717, 1.165) is 0 Å². The van der Waals surface area contributed by atoms with Gasteiger partial charge >= 0.3 is 12.1 Å². The van der Waals surface area contributed by atoms with E-state index in [0.29, 0.717) is 16.9 Å². The van der Waals surface area contributed by atoms with E-state index in [1.807, 2.05) is 13.8 Å². The molecule has 0 aliphatic rings. The van der Waals surface area contributed by atoms with Gasteiger partial charge in [0.1, 0.15) is 22.8 Å². The molecular formula is C17H24N4O4. The van der Waals surface area contributed by atoms with E-state index < -0.39 is 23.2 Å². The molecule has 0 atom stereocenters. The minimum atomic E-state index is -1.07. The fraction of sp³-hybridized carbons (Fsp3) is 0.529. The van der Waals surface area contributed by atoms with Crippen molar-refractivity contribution in [3.05, 3.63) is 23.8 Å². The van der Waals surface area contributed by atoms with Crippen LogP contribution < -0.4 is 5.32 Å². The van der Waals surface area contributed by atoms with Crippen LogP contribution in [-0.2, 0) is 10.3 Å². The Hall–Kier alpha value is -2.64. The molecule has 1 amide bonds. The SMILES string of the molecule is Cc1ncc2cc(C(=O)O)n(C(C)(C)CNC(=O)OC(C)(C)C)c2n1. The number of carbonyl (C=O) groups is 2. The quantitative estimate of drug-likeness (QED) is 0.880. The second-order valence-electron chi connectivity index (χ2n) is 7.53. The molecule has 0 unspecified atom stereocenters. The Kier molecular flexibility index (Phi) is 4.74. The first-order valence-electron chi connectivity index (χ1n) is 7.96. The van der Waals surface area contributed by atoms with Gasteiger partial charge in [-0.25, -0.2) is 19.6 Å². The maximum absolute atomic E-state index is 11.9. The van der Waals surface area contributed by atoms with Crippen molar-refractivity contribution in [3.8, 4) is 0 Å². The maximum Gasteiger partial charge on any atom is 0.407 e. The first kappa shape index (κ1) is 18.7. The predicted octanol–water partition coefficient (Wildman–Crippen LogP) is 2.70. The van der Waals surface area contributed by atoms with Crippen LogP contribution in [0.25, 0.3) is 11.0 Å². The molecule has 0 radical (unpaired) electrons. The molecular weight excluding hydrogens is 324 g/mol. The van der Waals surface area contributed by atoms with Crippen molar-refractivity contribution in [2.24, 2.45) is 0 Å². The zero-order valence-electron chi connectivity index (χ0n) is 15.4. The summed E-state index contributed by atoms with van der Waals surface area (Å²) < 4.78 is 6.84. The van der Waals surface area contributed by atoms with Crippen molar-refractivity contribution in [1.29, 1.82) is 0 Å². The van der Waals surface area contributed by atoms with E-state index in [9.17, 15) is 14.7 Å². The lowest BCUT2D eigenvalue weighted by Crippen LogP contribution is -2.43. The fourth-order valence-corrected chi connectivity index (χ4v) is 2.53. The molecule has 0 bridgehead atoms. The summed E-state index contributed by atoms with van der Waals surface area (Å²) in [5, 5.41) is 12.9. The third kappa shape index (κ3) is 4.26. The van der Waals surface area contributed by atoms with Gasteiger partial charge in [0.05, 0.1) is 5.54 Å². The summed E-state index contributed by atoms with van der Waals surface area (Å²) in [5.41, 5.74) is -0.746. The number of amides is 1. The lowest BCUT2D eigenvalue weighted by Gasteiger charge is -2.30. The minimum absolute atomic E-state index is 0.0888. The van der Waals surface area contributed by atoms with Crippen LogP contribution in [0.4, 0.5) is 4.79 Å². The van der Waals surface area contributed by atoms with Crippen molar-refractivity contribution in [2.45, 2.75) is 52.7 Å². The number of nitrogens with one attached hydrogen (secondary N) is 1. The van der Waals surface area contributed by atoms with E-state index in [4.69, 9.17) is 4.74 Å². The van der Waals surface area contributed by atoms with Gasteiger partial charge in [0.25, 0.3) is 0 Å². The number of carbonyl (C=O) groups excluding carboxylic acids is 1. The average molecular weight is 348 g/mol. The van der Waals surface area contributed by atoms with Gasteiger partial charge in [0, 0.05) is 18.1 Å². The molecule has 0 aliphatic carbocycles. The third-order valence-corrected chi connectivity index (χ3v) is 3.55. The number of carboxylic acids is 1. The van der Waals surface area contributed by atoms with Crippen LogP contribution >= 0.6 is 0 Å². The smallest absolute Gasteiger partial charge is 0.407 e. The number of hydrogen-bond donors (Lipinski definition) is 2. The average Bonchev–Trinajstić information content (AvgIpc) is 2.83. The summed E-state index contributed by atoms with van der Waals surface area (Å²) in [4.78, 5) is 32.1. The van der Waals surface area contributed by atoms with Crippen LogP contribution in [0.5, 0.6) is 0 Å². The molecule has 0 spiro atoms. The summed E-state index contributed by atoms with van der Waals surface area (Å²) >= 11 is 0. The predicted molar refractivity (Wildman–Crippen MR) is 92.8 cm³/mol. The third-order valence-electron chi connectivity index (χ3n) is 3.55. The zero-order valence-corrected chi connectivity index (χ0v) is 15.4. The lowest BCUT2D eigenvalue weighted by molar-refractivity contribution is 0.0508. The van der Waals surface area contributed by atoms with Crippen molar-refractivity contribution in [3.63, 3.8) is 0 Å². The number of aromatic carboxylic acids is 1. The second kappa shape index (κ2) is 6.34. The molecule has 2 rings (SSSR count). The fourth-order valence-electron chi connectivity index (χ4n) is 2.53. The minimum Gasteiger partial charge on any atom is -0.477 e. The number of nitrogens with zero attached hydrogens (tertiary/aromatic N) is 3. The molecule has 0 aromatic carbocycles. The van der Waals surface area contributed by atoms with Crippen LogP contribution in [0, 0.1) is 6.92 Å². The molecule has 2 N–H and O–H groups in total. The largest absolute Gasteiger partial charge is 0.477 e. The Morgan fingerprint density at radius 1 is 1.28 bits per heavy atom. The van der Waals surface area contributed by atoms with Crippen molar-refractivity contribution in [1.82, 2.24) is 19.9 Å². The topological polar surface area (TPSA) is 106 Å². The molecule has 0 saturated carbocycles. The monoisotopic (exact) mass is 348 g/mol. The van der Waals surface area contributed by atoms with Crippen LogP contribution in [-0.4, -0.2) is 43.8 Å². The number of carboxylic acid groups (broad SMARTS) is 1. The van der Waals surface area contributed by atoms with Gasteiger partial charge in [0.2, 0.25) is 0 Å². The van der Waals surface area contributed by atoms with Gasteiger partial charge in [-0.15, -0.1) is 0 Å². The number of hydrogen-bond acceptors (Lipinski definition) is 5. The first-order valence-corrected chi connectivity index (χ1v) is 7.96. The molecule has 8 nitrogen and oxygen atoms in total. The summed E-state index contributed by atoms with van der Waals surface area (Å²) in [5.74, 6) is -0.527. The van der Waals surface area contributed by atoms with Crippen molar-refractivity contribution >= 4 is 23.1 Å². The molecule has 8 heteroatoms. The summed E-state index contributed by atoms with van der Waals surface area (Å²) in [6.45, 7) is 10.9. The van der Waals surface area contributed by atoms with Crippen LogP contribution in [0.15, 0.2) is 12.3 Å². The standard InChI is InChI=1S/C17H24N4O4/c1-10-18-8-11-7-12(14(22)23)21(13(11)20-10)17(5,6)9-19-15(24)25-16(2,3)4/h7-8H,9H2,1-6H3,(H,19,24)(H,22,23). The maximum atomic E-state index is 11.9. The highest BCUT2D eigenvalue weighted by atomic mass is 16.6. The highest BCUT2D eigenvalue weighted by Crippen LogP contribution is 2.26. The Morgan fingerprint density at radius 3 is 2.48 bits per heavy atom. The van der Waals surface area contributed by atoms with Crippen LogP contribution in [0.2, 0.25) is 0 Å². The van der Waals surface area contributed by atoms with E-state index in [-0.39, 0.29) is 12.2 Å². The van der Waals surface area contributed by atoms with Gasteiger partial charge in [-0.1, -0.05) is 0 Å². The number of aryl methyl sites for hydroxylation is 1. The van der Waals surface area contributed by atoms with E-state index in [2.05, 4.69) is 15.3 Å². The number of rotatable bonds is 4. The van der Waals surface area contributed by atoms with Gasteiger partial charge in [-0.2, -0.15) is 0 Å².